The highest BCUT2D eigenvalue weighted by Gasteiger charge is 2.21. The van der Waals surface area contributed by atoms with Gasteiger partial charge in [0.2, 0.25) is 0 Å². The Kier molecular flexibility index (Phi) is 9.39. The Hall–Kier alpha value is -1.82. The summed E-state index contributed by atoms with van der Waals surface area (Å²) in [5, 5.41) is 16.3. The zero-order valence-corrected chi connectivity index (χ0v) is 17.2. The van der Waals surface area contributed by atoms with Crippen LogP contribution in [-0.2, 0) is 0 Å². The van der Waals surface area contributed by atoms with Gasteiger partial charge in [0, 0.05) is 45.0 Å². The Bertz CT molecular complexity index is 541. The lowest BCUT2D eigenvalue weighted by molar-refractivity contribution is 0.245. The number of aromatic nitrogens is 1. The molecule has 1 atom stereocenters. The summed E-state index contributed by atoms with van der Waals surface area (Å²) in [6, 6.07) is 6.52. The van der Waals surface area contributed by atoms with Crippen LogP contribution in [0.2, 0.25) is 0 Å². The Morgan fingerprint density at radius 2 is 2.11 bits per heavy atom. The second-order valence-corrected chi connectivity index (χ2v) is 7.82. The maximum atomic E-state index is 9.31. The van der Waals surface area contributed by atoms with Gasteiger partial charge in [0.05, 0.1) is 0 Å². The van der Waals surface area contributed by atoms with E-state index in [2.05, 4.69) is 47.4 Å². The van der Waals surface area contributed by atoms with E-state index in [0.717, 1.165) is 63.6 Å². The molecule has 0 radical (unpaired) electrons. The molecule has 0 bridgehead atoms. The van der Waals surface area contributed by atoms with Crippen LogP contribution < -0.4 is 15.5 Å². The van der Waals surface area contributed by atoms with Crippen LogP contribution in [0.3, 0.4) is 0 Å². The number of rotatable bonds is 9. The molecule has 1 aliphatic heterocycles. The van der Waals surface area contributed by atoms with Gasteiger partial charge in [-0.05, 0) is 56.6 Å². The molecule has 1 aliphatic rings. The molecule has 0 saturated carbocycles. The zero-order valence-electron chi connectivity index (χ0n) is 17.2. The highest BCUT2D eigenvalue weighted by molar-refractivity contribution is 5.80. The third kappa shape index (κ3) is 7.75. The number of hydrogen-bond acceptors (Lipinski definition) is 4. The first kappa shape index (κ1) is 21.5. The molecule has 2 heterocycles. The summed E-state index contributed by atoms with van der Waals surface area (Å²) in [4.78, 5) is 11.6. The lowest BCUT2D eigenvalue weighted by Crippen LogP contribution is -2.49. The van der Waals surface area contributed by atoms with Crippen LogP contribution in [0, 0.1) is 11.8 Å². The Morgan fingerprint density at radius 1 is 1.33 bits per heavy atom. The average Bonchev–Trinajstić information content (AvgIpc) is 2.67. The molecular formula is C21H37N5O. The molecule has 3 N–H and O–H groups in total. The van der Waals surface area contributed by atoms with Crippen molar-refractivity contribution in [2.45, 2.75) is 52.5 Å². The molecule has 0 amide bonds. The van der Waals surface area contributed by atoms with E-state index in [4.69, 9.17) is 4.99 Å². The summed E-state index contributed by atoms with van der Waals surface area (Å²) in [5.41, 5.74) is 0. The third-order valence-corrected chi connectivity index (χ3v) is 5.00. The third-order valence-electron chi connectivity index (χ3n) is 5.00. The van der Waals surface area contributed by atoms with Crippen molar-refractivity contribution in [3.05, 3.63) is 24.4 Å². The molecule has 1 unspecified atom stereocenters. The minimum absolute atomic E-state index is 0.239. The lowest BCUT2D eigenvalue weighted by atomic mass is 9.94. The van der Waals surface area contributed by atoms with Gasteiger partial charge in [0.25, 0.3) is 0 Å². The van der Waals surface area contributed by atoms with Crippen LogP contribution in [-0.4, -0.2) is 54.9 Å². The molecular weight excluding hydrogens is 338 g/mol. The minimum Gasteiger partial charge on any atom is -0.396 e. The van der Waals surface area contributed by atoms with E-state index in [0.29, 0.717) is 17.9 Å². The van der Waals surface area contributed by atoms with Crippen LogP contribution in [0.1, 0.15) is 46.5 Å². The normalized spacial score (nSPS) is 17.2. The van der Waals surface area contributed by atoms with Gasteiger partial charge in [0.1, 0.15) is 5.82 Å². The molecule has 1 saturated heterocycles. The van der Waals surface area contributed by atoms with E-state index in [1.807, 2.05) is 18.3 Å². The quantitative estimate of drug-likeness (QED) is 0.457. The molecule has 1 fully saturated rings. The number of pyridine rings is 1. The van der Waals surface area contributed by atoms with Crippen molar-refractivity contribution in [3.63, 3.8) is 0 Å². The van der Waals surface area contributed by atoms with E-state index in [-0.39, 0.29) is 6.61 Å². The molecule has 6 heteroatoms. The van der Waals surface area contributed by atoms with Gasteiger partial charge in [-0.1, -0.05) is 19.9 Å². The largest absolute Gasteiger partial charge is 0.396 e. The van der Waals surface area contributed by atoms with Crippen LogP contribution in [0.15, 0.2) is 29.4 Å². The number of aliphatic imine (C=N–C) groups is 1. The second-order valence-electron chi connectivity index (χ2n) is 7.82. The van der Waals surface area contributed by atoms with Gasteiger partial charge in [0.15, 0.2) is 5.96 Å². The predicted octanol–water partition coefficient (Wildman–Crippen LogP) is 2.65. The Morgan fingerprint density at radius 3 is 2.70 bits per heavy atom. The van der Waals surface area contributed by atoms with Gasteiger partial charge in [-0.2, -0.15) is 0 Å². The molecule has 1 aromatic heterocycles. The Balaban J connectivity index is 1.86. The maximum absolute atomic E-state index is 9.31. The van der Waals surface area contributed by atoms with E-state index in [9.17, 15) is 5.11 Å². The molecule has 0 aliphatic carbocycles. The Labute approximate surface area is 164 Å². The van der Waals surface area contributed by atoms with Gasteiger partial charge in [-0.15, -0.1) is 0 Å². The fourth-order valence-corrected chi connectivity index (χ4v) is 3.66. The first-order valence-electron chi connectivity index (χ1n) is 10.4. The lowest BCUT2D eigenvalue weighted by Gasteiger charge is -2.33. The number of piperidine rings is 1. The monoisotopic (exact) mass is 375 g/mol. The summed E-state index contributed by atoms with van der Waals surface area (Å²) < 4.78 is 0. The summed E-state index contributed by atoms with van der Waals surface area (Å²) in [5.74, 6) is 3.04. The van der Waals surface area contributed by atoms with Crippen LogP contribution >= 0.6 is 0 Å². The summed E-state index contributed by atoms with van der Waals surface area (Å²) in [7, 11) is 0. The van der Waals surface area contributed by atoms with Gasteiger partial charge in [-0.25, -0.2) is 4.98 Å². The number of guanidine groups is 1. The van der Waals surface area contributed by atoms with Gasteiger partial charge in [-0.3, -0.25) is 4.99 Å². The van der Waals surface area contributed by atoms with E-state index >= 15 is 0 Å². The molecule has 1 aromatic rings. The topological polar surface area (TPSA) is 72.8 Å². The number of anilines is 1. The first-order chi connectivity index (χ1) is 13.1. The van der Waals surface area contributed by atoms with Crippen molar-refractivity contribution in [1.82, 2.24) is 15.6 Å². The molecule has 6 nitrogen and oxygen atoms in total. The van der Waals surface area contributed by atoms with E-state index in [1.54, 1.807) is 0 Å². The second kappa shape index (κ2) is 11.8. The summed E-state index contributed by atoms with van der Waals surface area (Å²) in [6.07, 6.45) is 5.94. The fraction of sp³-hybridized carbons (Fsp3) is 0.714. The molecule has 152 valence electrons. The van der Waals surface area contributed by atoms with E-state index < -0.39 is 0 Å². The molecule has 27 heavy (non-hydrogen) atoms. The van der Waals surface area contributed by atoms with Crippen molar-refractivity contribution in [2.24, 2.45) is 16.8 Å². The predicted molar refractivity (Wildman–Crippen MR) is 113 cm³/mol. The van der Waals surface area contributed by atoms with Crippen molar-refractivity contribution >= 4 is 11.8 Å². The van der Waals surface area contributed by atoms with Crippen LogP contribution in [0.25, 0.3) is 0 Å². The number of aliphatic hydroxyl groups excluding tert-OH is 1. The van der Waals surface area contributed by atoms with E-state index in [1.165, 1.54) is 0 Å². The number of nitrogens with one attached hydrogen (secondary N) is 2. The van der Waals surface area contributed by atoms with Crippen molar-refractivity contribution < 1.29 is 5.11 Å². The van der Waals surface area contributed by atoms with Gasteiger partial charge >= 0.3 is 0 Å². The first-order valence-corrected chi connectivity index (χ1v) is 10.4. The zero-order chi connectivity index (χ0) is 19.5. The highest BCUT2D eigenvalue weighted by Crippen LogP contribution is 2.18. The average molecular weight is 376 g/mol. The minimum atomic E-state index is 0.239. The maximum Gasteiger partial charge on any atom is 0.191 e. The smallest absolute Gasteiger partial charge is 0.191 e. The van der Waals surface area contributed by atoms with Crippen LogP contribution in [0.4, 0.5) is 5.82 Å². The van der Waals surface area contributed by atoms with Crippen molar-refractivity contribution in [1.29, 1.82) is 0 Å². The van der Waals surface area contributed by atoms with Crippen LogP contribution in [0.5, 0.6) is 0 Å². The standard InChI is InChI=1S/C21H37N5O/c1-4-22-21(24-16-18(10-14-27)15-17(2)3)25-19-8-12-26(13-9-19)20-7-5-6-11-23-20/h5-7,11,17-19,27H,4,8-10,12-16H2,1-3H3,(H2,22,24,25). The van der Waals surface area contributed by atoms with Gasteiger partial charge < -0.3 is 20.6 Å². The molecule has 2 rings (SSSR count). The number of nitrogens with zero attached hydrogens (tertiary/aromatic N) is 3. The molecule has 0 spiro atoms. The van der Waals surface area contributed by atoms with Crippen molar-refractivity contribution in [2.75, 3.05) is 37.7 Å². The summed E-state index contributed by atoms with van der Waals surface area (Å²) >= 11 is 0. The number of aliphatic hydroxyl groups is 1. The summed E-state index contributed by atoms with van der Waals surface area (Å²) in [6.45, 7) is 10.4. The fourth-order valence-electron chi connectivity index (χ4n) is 3.66. The van der Waals surface area contributed by atoms with Crippen molar-refractivity contribution in [3.8, 4) is 0 Å². The SMILES string of the molecule is CCNC(=NCC(CCO)CC(C)C)NC1CCN(c2ccccn2)CC1. The molecule has 0 aromatic carbocycles. The highest BCUT2D eigenvalue weighted by atomic mass is 16.3. The number of hydrogen-bond donors (Lipinski definition) is 3.